The maximum Gasteiger partial charge on any atom is 0.416 e. The SMILES string of the molecule is N#Cc1cc(S(=O)(=O)C(F)(Cl)Cl)cn1-c1c(Cl)cc(C(F)(F)F)cc1Cl. The first kappa shape index (κ1) is 21.1. The minimum atomic E-state index is -4.93. The molecule has 0 aliphatic carbocycles. The van der Waals surface area contributed by atoms with E-state index in [-0.39, 0.29) is 5.69 Å². The van der Waals surface area contributed by atoms with Crippen LogP contribution in [0.3, 0.4) is 0 Å². The second-order valence-corrected chi connectivity index (χ2v) is 9.32. The number of hydrogen-bond donors (Lipinski definition) is 0. The van der Waals surface area contributed by atoms with Gasteiger partial charge in [0, 0.05) is 6.20 Å². The van der Waals surface area contributed by atoms with Crippen LogP contribution in [0, 0.1) is 11.3 Å². The van der Waals surface area contributed by atoms with Crippen LogP contribution in [0.1, 0.15) is 11.3 Å². The van der Waals surface area contributed by atoms with Gasteiger partial charge in [0.25, 0.3) is 0 Å². The van der Waals surface area contributed by atoms with E-state index in [1.54, 1.807) is 6.07 Å². The Kier molecular flexibility index (Phi) is 5.50. The lowest BCUT2D eigenvalue weighted by molar-refractivity contribution is -0.137. The lowest BCUT2D eigenvalue weighted by Crippen LogP contribution is -2.20. The van der Waals surface area contributed by atoms with Crippen molar-refractivity contribution in [1.29, 1.82) is 5.26 Å². The van der Waals surface area contributed by atoms with Crippen molar-refractivity contribution >= 4 is 56.2 Å². The highest BCUT2D eigenvalue weighted by molar-refractivity contribution is 7.95. The first-order chi connectivity index (χ1) is 11.7. The molecule has 2 rings (SSSR count). The van der Waals surface area contributed by atoms with Crippen LogP contribution < -0.4 is 0 Å². The zero-order valence-electron chi connectivity index (χ0n) is 12.0. The Labute approximate surface area is 164 Å². The molecule has 2 aromatic rings. The Balaban J connectivity index is 2.74. The van der Waals surface area contributed by atoms with Crippen LogP contribution >= 0.6 is 46.4 Å². The molecule has 0 radical (unpaired) electrons. The van der Waals surface area contributed by atoms with Crippen molar-refractivity contribution in [3.63, 3.8) is 0 Å². The van der Waals surface area contributed by atoms with Crippen LogP contribution in [0.15, 0.2) is 29.3 Å². The molecule has 0 unspecified atom stereocenters. The zero-order chi connectivity index (χ0) is 20.1. The van der Waals surface area contributed by atoms with Crippen LogP contribution in [0.25, 0.3) is 5.69 Å². The number of sulfone groups is 1. The molecule has 26 heavy (non-hydrogen) atoms. The fraction of sp³-hybridized carbons (Fsp3) is 0.154. The molecular weight excluding hydrogens is 466 g/mol. The molecule has 0 saturated heterocycles. The van der Waals surface area contributed by atoms with E-state index in [0.717, 1.165) is 10.6 Å². The third-order valence-electron chi connectivity index (χ3n) is 3.11. The summed E-state index contributed by atoms with van der Waals surface area (Å²) in [5.74, 6) is 0. The molecule has 0 aliphatic rings. The molecular formula is C13H4Cl4F4N2O2S. The number of hydrogen-bond acceptors (Lipinski definition) is 3. The van der Waals surface area contributed by atoms with Crippen molar-refractivity contribution in [3.8, 4) is 11.8 Å². The molecule has 13 heteroatoms. The molecule has 0 saturated carbocycles. The van der Waals surface area contributed by atoms with E-state index < -0.39 is 46.1 Å². The van der Waals surface area contributed by atoms with Crippen LogP contribution in [0.4, 0.5) is 17.6 Å². The second kappa shape index (κ2) is 6.77. The number of nitrogens with zero attached hydrogens (tertiary/aromatic N) is 2. The summed E-state index contributed by atoms with van der Waals surface area (Å²) in [4.78, 5) is -0.798. The monoisotopic (exact) mass is 468 g/mol. The van der Waals surface area contributed by atoms with Crippen molar-refractivity contribution in [2.45, 2.75) is 15.0 Å². The number of alkyl halides is 6. The number of nitriles is 1. The minimum Gasteiger partial charge on any atom is -0.304 e. The Morgan fingerprint density at radius 2 is 1.54 bits per heavy atom. The van der Waals surface area contributed by atoms with Gasteiger partial charge < -0.3 is 4.57 Å². The van der Waals surface area contributed by atoms with E-state index in [9.17, 15) is 26.0 Å². The van der Waals surface area contributed by atoms with Gasteiger partial charge in [-0.25, -0.2) is 8.42 Å². The van der Waals surface area contributed by atoms with Crippen molar-refractivity contribution in [2.75, 3.05) is 0 Å². The summed E-state index contributed by atoms with van der Waals surface area (Å²) in [6.07, 6.45) is -4.02. The summed E-state index contributed by atoms with van der Waals surface area (Å²) < 4.78 is 72.9. The van der Waals surface area contributed by atoms with Gasteiger partial charge in [-0.2, -0.15) is 22.8 Å². The standard InChI is InChI=1S/C13H4Cl4F4N2O2S/c14-9-1-6(12(18,19)20)2-10(15)11(9)23-5-8(3-7(23)4-22)26(24,25)13(16,17)21/h1-3,5H. The molecule has 0 N–H and O–H groups in total. The maximum atomic E-state index is 13.5. The first-order valence-electron chi connectivity index (χ1n) is 6.20. The Morgan fingerprint density at radius 3 is 1.92 bits per heavy atom. The maximum absolute atomic E-state index is 13.5. The third-order valence-corrected chi connectivity index (χ3v) is 6.36. The van der Waals surface area contributed by atoms with Gasteiger partial charge >= 0.3 is 10.1 Å². The topological polar surface area (TPSA) is 62.9 Å². The summed E-state index contributed by atoms with van der Waals surface area (Å²) >= 11 is 21.6. The fourth-order valence-electron chi connectivity index (χ4n) is 1.95. The molecule has 140 valence electrons. The molecule has 0 atom stereocenters. The van der Waals surface area contributed by atoms with Gasteiger partial charge in [0.2, 0.25) is 9.84 Å². The highest BCUT2D eigenvalue weighted by Gasteiger charge is 2.43. The minimum absolute atomic E-state index is 0.312. The highest BCUT2D eigenvalue weighted by Crippen LogP contribution is 2.40. The van der Waals surface area contributed by atoms with Crippen LogP contribution in [-0.2, 0) is 16.0 Å². The molecule has 0 spiro atoms. The van der Waals surface area contributed by atoms with Crippen LogP contribution in [-0.4, -0.2) is 16.9 Å². The van der Waals surface area contributed by atoms with E-state index >= 15 is 0 Å². The van der Waals surface area contributed by atoms with Gasteiger partial charge in [-0.05, 0) is 41.4 Å². The number of aromatic nitrogens is 1. The summed E-state index contributed by atoms with van der Waals surface area (Å²) in [7, 11) is -4.93. The Morgan fingerprint density at radius 1 is 1.04 bits per heavy atom. The van der Waals surface area contributed by atoms with E-state index in [0.29, 0.717) is 18.3 Å². The molecule has 0 bridgehead atoms. The van der Waals surface area contributed by atoms with Crippen molar-refractivity contribution in [1.82, 2.24) is 4.57 Å². The van der Waals surface area contributed by atoms with E-state index in [1.807, 2.05) is 0 Å². The van der Waals surface area contributed by atoms with Gasteiger partial charge in [0.05, 0.1) is 26.2 Å². The van der Waals surface area contributed by atoms with E-state index in [4.69, 9.17) is 51.7 Å². The van der Waals surface area contributed by atoms with Crippen molar-refractivity contribution in [3.05, 3.63) is 45.7 Å². The lowest BCUT2D eigenvalue weighted by Gasteiger charge is -2.14. The zero-order valence-corrected chi connectivity index (χ0v) is 15.8. The fourth-order valence-corrected chi connectivity index (χ4v) is 3.93. The predicted octanol–water partition coefficient (Wildman–Crippen LogP) is 5.51. The average Bonchev–Trinajstić information content (AvgIpc) is 2.88. The molecule has 4 nitrogen and oxygen atoms in total. The summed E-state index contributed by atoms with van der Waals surface area (Å²) in [5, 5.41) is 8.09. The van der Waals surface area contributed by atoms with Gasteiger partial charge in [-0.3, -0.25) is 0 Å². The van der Waals surface area contributed by atoms with E-state index in [2.05, 4.69) is 0 Å². The smallest absolute Gasteiger partial charge is 0.304 e. The molecule has 1 aromatic heterocycles. The van der Waals surface area contributed by atoms with Crippen molar-refractivity contribution in [2.24, 2.45) is 0 Å². The number of benzene rings is 1. The Bertz CT molecular complexity index is 997. The van der Waals surface area contributed by atoms with Crippen molar-refractivity contribution < 1.29 is 26.0 Å². The molecule has 0 aliphatic heterocycles. The highest BCUT2D eigenvalue weighted by atomic mass is 35.5. The number of halogens is 8. The molecule has 1 heterocycles. The van der Waals surface area contributed by atoms with Crippen LogP contribution in [0.5, 0.6) is 0 Å². The average molecular weight is 470 g/mol. The van der Waals surface area contributed by atoms with Crippen LogP contribution in [0.2, 0.25) is 10.0 Å². The van der Waals surface area contributed by atoms with Gasteiger partial charge in [-0.1, -0.05) is 23.2 Å². The lowest BCUT2D eigenvalue weighted by atomic mass is 10.2. The third kappa shape index (κ3) is 3.75. The number of rotatable bonds is 3. The molecule has 0 fully saturated rings. The Hall–Kier alpha value is -1.18. The summed E-state index contributed by atoms with van der Waals surface area (Å²) in [6.45, 7) is 0. The predicted molar refractivity (Wildman–Crippen MR) is 88.2 cm³/mol. The largest absolute Gasteiger partial charge is 0.416 e. The quantitative estimate of drug-likeness (QED) is 0.440. The van der Waals surface area contributed by atoms with Gasteiger partial charge in [0.15, 0.2) is 0 Å². The van der Waals surface area contributed by atoms with E-state index in [1.165, 1.54) is 0 Å². The molecule has 0 amide bonds. The molecule has 1 aromatic carbocycles. The first-order valence-corrected chi connectivity index (χ1v) is 9.20. The van der Waals surface area contributed by atoms with Gasteiger partial charge in [-0.15, -0.1) is 0 Å². The normalized spacial score (nSPS) is 12.9. The van der Waals surface area contributed by atoms with Gasteiger partial charge in [0.1, 0.15) is 11.8 Å². The summed E-state index contributed by atoms with van der Waals surface area (Å²) in [6, 6.07) is 3.39. The summed E-state index contributed by atoms with van der Waals surface area (Å²) in [5.41, 5.74) is -1.88. The second-order valence-electron chi connectivity index (χ2n) is 4.78.